The molecule has 0 aromatic heterocycles. The predicted octanol–water partition coefficient (Wildman–Crippen LogP) is 18.7. The lowest BCUT2D eigenvalue weighted by atomic mass is 9.75. The second kappa shape index (κ2) is 23.5. The van der Waals surface area contributed by atoms with Crippen LogP contribution in [0.4, 0.5) is 0 Å². The third-order valence-electron chi connectivity index (χ3n) is 17.8. The summed E-state index contributed by atoms with van der Waals surface area (Å²) >= 11 is 0. The summed E-state index contributed by atoms with van der Waals surface area (Å²) in [5.41, 5.74) is 22.2. The van der Waals surface area contributed by atoms with Crippen molar-refractivity contribution in [2.24, 2.45) is 0 Å². The van der Waals surface area contributed by atoms with Gasteiger partial charge in [0.05, 0.1) is 11.1 Å². The SMILES string of the molecule is Cc1ccc(C(=O)OC2CCC(OC(=O)c3ccc(-c4ccc(-c5ccc(C)c(Cc6cc(C7CCC(c8ccc(-c9ccc(C%10CCC(c%11ccc(C)cc%11)CC%10)cc9)cc8)CC7)ccc6C)c5)cc4)cc3)CC2)cc1. The Kier molecular flexibility index (Phi) is 15.8. The van der Waals surface area contributed by atoms with E-state index in [4.69, 9.17) is 9.47 Å². The number of esters is 2. The van der Waals surface area contributed by atoms with Crippen molar-refractivity contribution in [1.82, 2.24) is 0 Å². The van der Waals surface area contributed by atoms with E-state index in [1.165, 1.54) is 124 Å². The summed E-state index contributed by atoms with van der Waals surface area (Å²) in [6.45, 7) is 8.67. The number of hydrogen-bond acceptors (Lipinski definition) is 4. The number of carbonyl (C=O) groups is 2. The number of aryl methyl sites for hydroxylation is 4. The predicted molar refractivity (Wildman–Crippen MR) is 315 cm³/mol. The number of hydrogen-bond donors (Lipinski definition) is 0. The number of rotatable bonds is 13. The normalized spacial score (nSPS) is 20.5. The average molecular weight is 1020 g/mol. The molecule has 0 N–H and O–H groups in total. The molecular formula is C73H74O4. The van der Waals surface area contributed by atoms with Crippen LogP contribution < -0.4 is 0 Å². The summed E-state index contributed by atoms with van der Waals surface area (Å²) in [6, 6.07) is 66.3. The molecule has 0 unspecified atom stereocenters. The second-order valence-electron chi connectivity index (χ2n) is 23.0. The maximum absolute atomic E-state index is 13.2. The van der Waals surface area contributed by atoms with Crippen molar-refractivity contribution in [3.05, 3.63) is 249 Å². The van der Waals surface area contributed by atoms with E-state index in [9.17, 15) is 9.59 Å². The first-order valence-electron chi connectivity index (χ1n) is 28.7. The minimum absolute atomic E-state index is 0.163. The lowest BCUT2D eigenvalue weighted by Gasteiger charge is -2.30. The van der Waals surface area contributed by atoms with Crippen LogP contribution in [0.3, 0.4) is 0 Å². The molecule has 390 valence electrons. The van der Waals surface area contributed by atoms with Gasteiger partial charge in [-0.3, -0.25) is 0 Å². The molecule has 8 aromatic rings. The smallest absolute Gasteiger partial charge is 0.338 e. The van der Waals surface area contributed by atoms with E-state index < -0.39 is 0 Å². The van der Waals surface area contributed by atoms with E-state index in [0.29, 0.717) is 60.5 Å². The minimum atomic E-state index is -0.316. The number of benzene rings is 8. The van der Waals surface area contributed by atoms with Crippen LogP contribution in [-0.4, -0.2) is 24.1 Å². The molecular weight excluding hydrogens is 941 g/mol. The third-order valence-corrected chi connectivity index (χ3v) is 17.8. The Balaban J connectivity index is 0.650. The van der Waals surface area contributed by atoms with Crippen molar-refractivity contribution in [2.45, 2.75) is 147 Å². The zero-order valence-electron chi connectivity index (χ0n) is 45.6. The van der Waals surface area contributed by atoms with Crippen LogP contribution in [0, 0.1) is 27.7 Å². The zero-order chi connectivity index (χ0) is 52.8. The van der Waals surface area contributed by atoms with Crippen LogP contribution in [-0.2, 0) is 15.9 Å². The van der Waals surface area contributed by atoms with Gasteiger partial charge >= 0.3 is 11.9 Å². The van der Waals surface area contributed by atoms with Crippen molar-refractivity contribution in [1.29, 1.82) is 0 Å². The molecule has 3 aliphatic carbocycles. The van der Waals surface area contributed by atoms with Gasteiger partial charge in [0.25, 0.3) is 0 Å². The largest absolute Gasteiger partial charge is 0.459 e. The average Bonchev–Trinajstić information content (AvgIpc) is 3.48. The molecule has 0 radical (unpaired) electrons. The van der Waals surface area contributed by atoms with Crippen LogP contribution in [0.5, 0.6) is 0 Å². The molecule has 0 bridgehead atoms. The van der Waals surface area contributed by atoms with Crippen molar-refractivity contribution in [2.75, 3.05) is 0 Å². The summed E-state index contributed by atoms with van der Waals surface area (Å²) in [6.07, 6.45) is 13.3. The summed E-state index contributed by atoms with van der Waals surface area (Å²) < 4.78 is 11.7. The first-order valence-corrected chi connectivity index (χ1v) is 28.7. The highest BCUT2D eigenvalue weighted by Gasteiger charge is 2.28. The Labute approximate surface area is 457 Å². The Morgan fingerprint density at radius 3 is 1.04 bits per heavy atom. The topological polar surface area (TPSA) is 52.6 Å². The first-order chi connectivity index (χ1) is 37.5. The Bertz CT molecular complexity index is 3270. The molecule has 77 heavy (non-hydrogen) atoms. The van der Waals surface area contributed by atoms with E-state index in [0.717, 1.165) is 23.1 Å². The van der Waals surface area contributed by atoms with Crippen LogP contribution in [0.2, 0.25) is 0 Å². The van der Waals surface area contributed by atoms with E-state index in [-0.39, 0.29) is 24.1 Å². The van der Waals surface area contributed by atoms with Gasteiger partial charge in [0, 0.05) is 0 Å². The Morgan fingerprint density at radius 1 is 0.325 bits per heavy atom. The summed E-state index contributed by atoms with van der Waals surface area (Å²) in [5.74, 6) is 1.98. The molecule has 4 heteroatoms. The van der Waals surface area contributed by atoms with Gasteiger partial charge in [0.2, 0.25) is 0 Å². The standard InChI is InChI=1S/C73H74O4/c1-48-5-11-52(12-6-48)53-17-19-54(20-18-53)55-21-23-56(24-22-55)57-25-27-58(28-26-57)59-29-33-62(34-30-59)66-15-9-50(3)68(45-66)47-69-46-67(16-10-51(69)4)63-35-31-60(32-36-63)61-37-39-65(40-38-61)73(75)77-71-43-41-70(42-44-71)76-72(74)64-13-7-49(2)8-14-64/h5-16,21-28,31-32,35-40,45-46,53-54,59,62,70-71H,17-20,29-30,33-34,41-44,47H2,1-4H3. The van der Waals surface area contributed by atoms with Crippen molar-refractivity contribution in [3.8, 4) is 33.4 Å². The summed E-state index contributed by atoms with van der Waals surface area (Å²) in [5, 5.41) is 0. The number of carbonyl (C=O) groups excluding carboxylic acids is 2. The van der Waals surface area contributed by atoms with Crippen molar-refractivity contribution >= 4 is 11.9 Å². The van der Waals surface area contributed by atoms with Crippen LogP contribution >= 0.6 is 0 Å². The zero-order valence-corrected chi connectivity index (χ0v) is 45.6. The Morgan fingerprint density at radius 2 is 0.610 bits per heavy atom. The molecule has 0 atom stereocenters. The van der Waals surface area contributed by atoms with Gasteiger partial charge in [-0.25, -0.2) is 9.59 Å². The molecule has 0 amide bonds. The van der Waals surface area contributed by atoms with Crippen LogP contribution in [0.25, 0.3) is 33.4 Å². The molecule has 0 aliphatic heterocycles. The maximum Gasteiger partial charge on any atom is 0.338 e. The van der Waals surface area contributed by atoms with Gasteiger partial charge in [-0.05, 0) is 237 Å². The highest BCUT2D eigenvalue weighted by atomic mass is 16.6. The molecule has 4 nitrogen and oxygen atoms in total. The van der Waals surface area contributed by atoms with Gasteiger partial charge in [-0.15, -0.1) is 0 Å². The molecule has 0 spiro atoms. The molecule has 3 aliphatic rings. The molecule has 11 rings (SSSR count). The Hall–Kier alpha value is -7.30. The van der Waals surface area contributed by atoms with E-state index in [1.807, 2.05) is 43.3 Å². The monoisotopic (exact) mass is 1010 g/mol. The van der Waals surface area contributed by atoms with Gasteiger partial charge in [0.15, 0.2) is 0 Å². The van der Waals surface area contributed by atoms with E-state index in [1.54, 1.807) is 12.1 Å². The molecule has 3 fully saturated rings. The van der Waals surface area contributed by atoms with Crippen molar-refractivity contribution < 1.29 is 19.1 Å². The van der Waals surface area contributed by atoms with Gasteiger partial charge in [-0.2, -0.15) is 0 Å². The van der Waals surface area contributed by atoms with Crippen LogP contribution in [0.1, 0.15) is 177 Å². The molecule has 3 saturated carbocycles. The van der Waals surface area contributed by atoms with Crippen molar-refractivity contribution in [3.63, 3.8) is 0 Å². The summed E-state index contributed by atoms with van der Waals surface area (Å²) in [7, 11) is 0. The quantitative estimate of drug-likeness (QED) is 0.108. The fraction of sp³-hybridized carbons (Fsp3) is 0.315. The highest BCUT2D eigenvalue weighted by molar-refractivity contribution is 5.90. The first kappa shape index (κ1) is 51.8. The molecule has 0 saturated heterocycles. The lowest BCUT2D eigenvalue weighted by molar-refractivity contribution is -0.0108. The van der Waals surface area contributed by atoms with Gasteiger partial charge in [0.1, 0.15) is 12.2 Å². The fourth-order valence-corrected chi connectivity index (χ4v) is 12.7. The maximum atomic E-state index is 13.2. The minimum Gasteiger partial charge on any atom is -0.459 e. The lowest BCUT2D eigenvalue weighted by Crippen LogP contribution is -2.29. The third kappa shape index (κ3) is 12.4. The van der Waals surface area contributed by atoms with E-state index in [2.05, 4.69) is 154 Å². The number of ether oxygens (including phenoxy) is 2. The fourth-order valence-electron chi connectivity index (χ4n) is 12.7. The molecule has 0 heterocycles. The van der Waals surface area contributed by atoms with Crippen LogP contribution in [0.15, 0.2) is 182 Å². The van der Waals surface area contributed by atoms with Gasteiger partial charge < -0.3 is 9.47 Å². The van der Waals surface area contributed by atoms with Gasteiger partial charge in [-0.1, -0.05) is 169 Å². The molecule has 8 aromatic carbocycles. The second-order valence-corrected chi connectivity index (χ2v) is 23.0. The summed E-state index contributed by atoms with van der Waals surface area (Å²) in [4.78, 5) is 25.8. The van der Waals surface area contributed by atoms with E-state index >= 15 is 0 Å². The highest BCUT2D eigenvalue weighted by Crippen LogP contribution is 2.43.